The molecule has 0 unspecified atom stereocenters. The van der Waals surface area contributed by atoms with Gasteiger partial charge < -0.3 is 14.8 Å². The van der Waals surface area contributed by atoms with Gasteiger partial charge in [-0.3, -0.25) is 19.7 Å². The van der Waals surface area contributed by atoms with E-state index in [9.17, 15) is 19.7 Å². The molecule has 10 nitrogen and oxygen atoms in total. The number of rotatable bonds is 6. The van der Waals surface area contributed by atoms with E-state index < -0.39 is 16.7 Å². The molecule has 2 amide bonds. The predicted molar refractivity (Wildman–Crippen MR) is 102 cm³/mol. The van der Waals surface area contributed by atoms with E-state index in [0.29, 0.717) is 17.0 Å². The van der Waals surface area contributed by atoms with Crippen molar-refractivity contribution in [3.63, 3.8) is 0 Å². The van der Waals surface area contributed by atoms with Crippen LogP contribution in [0, 0.1) is 10.1 Å². The van der Waals surface area contributed by atoms with Gasteiger partial charge in [0, 0.05) is 17.3 Å². The van der Waals surface area contributed by atoms with E-state index >= 15 is 0 Å². The lowest BCUT2D eigenvalue weighted by atomic mass is 10.2. The van der Waals surface area contributed by atoms with Gasteiger partial charge in [-0.1, -0.05) is 11.6 Å². The van der Waals surface area contributed by atoms with E-state index in [-0.39, 0.29) is 16.5 Å². The van der Waals surface area contributed by atoms with Crippen LogP contribution in [0.1, 0.15) is 5.56 Å². The fraction of sp³-hybridized carbons (Fsp3) is 0.118. The maximum Gasteiger partial charge on any atom is 0.329 e. The minimum atomic E-state index is -1.04. The Balaban J connectivity index is 1.99. The van der Waals surface area contributed by atoms with E-state index in [1.807, 2.05) is 5.43 Å². The molecule has 0 heterocycles. The SMILES string of the molecule is COc1ccc(NC(=O)C(=O)N/N=C\c2ccc(OC)c([N+](=O)[O-])c2)cc1Cl. The van der Waals surface area contributed by atoms with Gasteiger partial charge in [-0.15, -0.1) is 0 Å². The van der Waals surface area contributed by atoms with Crippen molar-refractivity contribution in [2.24, 2.45) is 5.10 Å². The van der Waals surface area contributed by atoms with Crippen LogP contribution in [-0.4, -0.2) is 37.2 Å². The molecule has 0 atom stereocenters. The summed E-state index contributed by atoms with van der Waals surface area (Å²) >= 11 is 5.94. The molecule has 2 rings (SSSR count). The zero-order chi connectivity index (χ0) is 20.7. The van der Waals surface area contributed by atoms with Crippen molar-refractivity contribution < 1.29 is 24.0 Å². The summed E-state index contributed by atoms with van der Waals surface area (Å²) in [6.45, 7) is 0. The second-order valence-electron chi connectivity index (χ2n) is 5.19. The normalized spacial score (nSPS) is 10.4. The molecule has 2 aromatic carbocycles. The van der Waals surface area contributed by atoms with Crippen molar-refractivity contribution in [1.29, 1.82) is 0 Å². The van der Waals surface area contributed by atoms with Crippen LogP contribution in [0.25, 0.3) is 0 Å². The maximum atomic E-state index is 11.9. The average Bonchev–Trinajstić information content (AvgIpc) is 2.67. The van der Waals surface area contributed by atoms with Crippen LogP contribution in [0.5, 0.6) is 11.5 Å². The third kappa shape index (κ3) is 5.17. The van der Waals surface area contributed by atoms with Crippen LogP contribution < -0.4 is 20.2 Å². The lowest BCUT2D eigenvalue weighted by Crippen LogP contribution is -2.32. The number of anilines is 1. The quantitative estimate of drug-likeness (QED) is 0.327. The van der Waals surface area contributed by atoms with E-state index in [4.69, 9.17) is 21.1 Å². The number of hydrazone groups is 1. The fourth-order valence-electron chi connectivity index (χ4n) is 2.08. The molecule has 0 spiro atoms. The van der Waals surface area contributed by atoms with Crippen molar-refractivity contribution in [2.75, 3.05) is 19.5 Å². The van der Waals surface area contributed by atoms with Gasteiger partial charge in [-0.05, 0) is 30.3 Å². The Morgan fingerprint density at radius 3 is 2.39 bits per heavy atom. The first-order valence-electron chi connectivity index (χ1n) is 7.66. The molecule has 146 valence electrons. The zero-order valence-electron chi connectivity index (χ0n) is 14.8. The minimum Gasteiger partial charge on any atom is -0.495 e. The van der Waals surface area contributed by atoms with Gasteiger partial charge in [-0.25, -0.2) is 5.43 Å². The van der Waals surface area contributed by atoms with Crippen LogP contribution in [0.4, 0.5) is 11.4 Å². The molecule has 0 aliphatic rings. The molecule has 0 aromatic heterocycles. The van der Waals surface area contributed by atoms with Crippen LogP contribution in [0.15, 0.2) is 41.5 Å². The highest BCUT2D eigenvalue weighted by molar-refractivity contribution is 6.40. The first-order valence-corrected chi connectivity index (χ1v) is 8.04. The standard InChI is InChI=1S/C17H15ClN4O6/c1-27-14-6-4-11(8-12(14)18)20-16(23)17(24)21-19-9-10-3-5-15(28-2)13(7-10)22(25)26/h3-9H,1-2H3,(H,20,23)(H,21,24)/b19-9-. The molecule has 0 fully saturated rings. The summed E-state index contributed by atoms with van der Waals surface area (Å²) in [5.74, 6) is -1.50. The van der Waals surface area contributed by atoms with Crippen molar-refractivity contribution in [3.05, 3.63) is 57.1 Å². The molecule has 0 bridgehead atoms. The van der Waals surface area contributed by atoms with Crippen molar-refractivity contribution in [1.82, 2.24) is 5.43 Å². The molecule has 0 aliphatic heterocycles. The number of nitrogens with one attached hydrogen (secondary N) is 2. The summed E-state index contributed by atoms with van der Waals surface area (Å²) in [6, 6.07) is 8.57. The molecule has 28 heavy (non-hydrogen) atoms. The summed E-state index contributed by atoms with van der Waals surface area (Å²) in [6.07, 6.45) is 1.15. The number of carbonyl (C=O) groups is 2. The van der Waals surface area contributed by atoms with Gasteiger partial charge in [0.2, 0.25) is 0 Å². The van der Waals surface area contributed by atoms with Crippen LogP contribution >= 0.6 is 11.6 Å². The monoisotopic (exact) mass is 406 g/mol. The second kappa shape index (κ2) is 9.33. The van der Waals surface area contributed by atoms with Gasteiger partial charge in [0.25, 0.3) is 0 Å². The molecular formula is C17H15ClN4O6. The third-order valence-corrected chi connectivity index (χ3v) is 3.69. The average molecular weight is 407 g/mol. The Morgan fingerprint density at radius 1 is 1.11 bits per heavy atom. The number of methoxy groups -OCH3 is 2. The van der Waals surface area contributed by atoms with Gasteiger partial charge >= 0.3 is 17.5 Å². The van der Waals surface area contributed by atoms with Crippen molar-refractivity contribution in [2.45, 2.75) is 0 Å². The van der Waals surface area contributed by atoms with Crippen molar-refractivity contribution in [3.8, 4) is 11.5 Å². The molecule has 11 heteroatoms. The number of hydrogen-bond donors (Lipinski definition) is 2. The fourth-order valence-corrected chi connectivity index (χ4v) is 2.34. The Hall–Kier alpha value is -3.66. The first kappa shape index (κ1) is 20.6. The summed E-state index contributed by atoms with van der Waals surface area (Å²) in [4.78, 5) is 34.0. The number of hydrogen-bond acceptors (Lipinski definition) is 7. The Labute approximate surface area is 164 Å². The van der Waals surface area contributed by atoms with Gasteiger partial charge in [0.15, 0.2) is 5.75 Å². The van der Waals surface area contributed by atoms with E-state index in [1.165, 1.54) is 50.6 Å². The Morgan fingerprint density at radius 2 is 1.79 bits per heavy atom. The molecular weight excluding hydrogens is 392 g/mol. The topological polar surface area (TPSA) is 132 Å². The number of amides is 2. The first-order chi connectivity index (χ1) is 13.3. The van der Waals surface area contributed by atoms with Crippen LogP contribution in [0.3, 0.4) is 0 Å². The number of carbonyl (C=O) groups excluding carboxylic acids is 2. The number of nitrogens with zero attached hydrogens (tertiary/aromatic N) is 2. The predicted octanol–water partition coefficient (Wildman–Crippen LogP) is 2.35. The van der Waals surface area contributed by atoms with Crippen LogP contribution in [-0.2, 0) is 9.59 Å². The number of halogens is 1. The Kier molecular flexibility index (Phi) is 6.88. The van der Waals surface area contributed by atoms with Gasteiger partial charge in [-0.2, -0.15) is 5.10 Å². The highest BCUT2D eigenvalue weighted by Crippen LogP contribution is 2.27. The van der Waals surface area contributed by atoms with Gasteiger partial charge in [0.1, 0.15) is 5.75 Å². The molecule has 0 aliphatic carbocycles. The molecule has 0 saturated carbocycles. The number of benzene rings is 2. The molecule has 2 aromatic rings. The van der Waals surface area contributed by atoms with Crippen molar-refractivity contribution >= 4 is 41.0 Å². The maximum absolute atomic E-state index is 11.9. The lowest BCUT2D eigenvalue weighted by molar-refractivity contribution is -0.385. The largest absolute Gasteiger partial charge is 0.495 e. The highest BCUT2D eigenvalue weighted by atomic mass is 35.5. The zero-order valence-corrected chi connectivity index (χ0v) is 15.5. The highest BCUT2D eigenvalue weighted by Gasteiger charge is 2.15. The van der Waals surface area contributed by atoms with E-state index in [1.54, 1.807) is 0 Å². The number of nitro benzene ring substituents is 1. The van der Waals surface area contributed by atoms with Crippen LogP contribution in [0.2, 0.25) is 5.02 Å². The summed E-state index contributed by atoms with van der Waals surface area (Å²) in [5.41, 5.74) is 2.39. The van der Waals surface area contributed by atoms with E-state index in [0.717, 1.165) is 6.21 Å². The Bertz CT molecular complexity index is 947. The summed E-state index contributed by atoms with van der Waals surface area (Å²) in [5, 5.41) is 17.2. The second-order valence-corrected chi connectivity index (χ2v) is 5.60. The molecule has 2 N–H and O–H groups in total. The smallest absolute Gasteiger partial charge is 0.329 e. The van der Waals surface area contributed by atoms with Gasteiger partial charge in [0.05, 0.1) is 30.4 Å². The number of ether oxygens (including phenoxy) is 2. The summed E-state index contributed by atoms with van der Waals surface area (Å²) < 4.78 is 9.88. The summed E-state index contributed by atoms with van der Waals surface area (Å²) in [7, 11) is 2.76. The molecule has 0 saturated heterocycles. The lowest BCUT2D eigenvalue weighted by Gasteiger charge is -2.07. The molecule has 0 radical (unpaired) electrons. The van der Waals surface area contributed by atoms with E-state index in [2.05, 4.69) is 10.4 Å². The third-order valence-electron chi connectivity index (χ3n) is 3.40. The number of nitro groups is 1. The minimum absolute atomic E-state index is 0.0868.